The van der Waals surface area contributed by atoms with Crippen LogP contribution in [0.1, 0.15) is 34.6 Å². The molecule has 1 amide bonds. The highest BCUT2D eigenvalue weighted by Gasteiger charge is 2.30. The van der Waals surface area contributed by atoms with Crippen molar-refractivity contribution in [2.24, 2.45) is 11.7 Å². The van der Waals surface area contributed by atoms with E-state index in [9.17, 15) is 9.59 Å². The zero-order chi connectivity index (χ0) is 16.6. The summed E-state index contributed by atoms with van der Waals surface area (Å²) in [5.74, 6) is 0.154. The number of hydrogen-bond donors (Lipinski definition) is 2. The summed E-state index contributed by atoms with van der Waals surface area (Å²) in [6, 6.07) is 0. The highest BCUT2D eigenvalue weighted by molar-refractivity contribution is 5.93. The summed E-state index contributed by atoms with van der Waals surface area (Å²) in [5, 5.41) is 14.6. The molecule has 0 aromatic carbocycles. The number of anilines is 1. The molecule has 0 bridgehead atoms. The molecule has 1 aliphatic carbocycles. The van der Waals surface area contributed by atoms with Gasteiger partial charge in [-0.1, -0.05) is 5.21 Å². The molecule has 0 atom stereocenters. The summed E-state index contributed by atoms with van der Waals surface area (Å²) in [7, 11) is 0. The highest BCUT2D eigenvalue weighted by atomic mass is 16.2. The largest absolute Gasteiger partial charge is 0.326 e. The Morgan fingerprint density at radius 3 is 2.74 bits per heavy atom. The summed E-state index contributed by atoms with van der Waals surface area (Å²) in [5.41, 5.74) is 8.01. The van der Waals surface area contributed by atoms with Crippen LogP contribution in [0.4, 0.5) is 5.82 Å². The van der Waals surface area contributed by atoms with Gasteiger partial charge in [0.1, 0.15) is 6.54 Å². The number of carbonyl (C=O) groups is 2. The minimum atomic E-state index is -0.240. The lowest BCUT2D eigenvalue weighted by Crippen LogP contribution is -2.21. The Balaban J connectivity index is 1.68. The van der Waals surface area contributed by atoms with E-state index in [1.165, 1.54) is 15.6 Å². The van der Waals surface area contributed by atoms with Crippen molar-refractivity contribution in [3.05, 3.63) is 23.1 Å². The van der Waals surface area contributed by atoms with Gasteiger partial charge in [0.15, 0.2) is 5.82 Å². The van der Waals surface area contributed by atoms with E-state index < -0.39 is 0 Å². The van der Waals surface area contributed by atoms with Crippen LogP contribution >= 0.6 is 0 Å². The van der Waals surface area contributed by atoms with E-state index in [-0.39, 0.29) is 24.3 Å². The van der Waals surface area contributed by atoms with Crippen molar-refractivity contribution in [2.75, 3.05) is 5.32 Å². The summed E-state index contributed by atoms with van der Waals surface area (Å²) in [6.45, 7) is 3.95. The van der Waals surface area contributed by atoms with Gasteiger partial charge < -0.3 is 11.1 Å². The number of nitrogens with one attached hydrogen (secondary N) is 1. The molecule has 0 saturated heterocycles. The van der Waals surface area contributed by atoms with Crippen LogP contribution in [-0.4, -0.2) is 36.6 Å². The second-order valence-electron chi connectivity index (χ2n) is 5.72. The van der Waals surface area contributed by atoms with E-state index >= 15 is 0 Å². The quantitative estimate of drug-likeness (QED) is 0.815. The first-order valence-corrected chi connectivity index (χ1v) is 7.49. The molecule has 0 unspecified atom stereocenters. The van der Waals surface area contributed by atoms with Crippen molar-refractivity contribution in [1.82, 2.24) is 24.8 Å². The maximum atomic E-state index is 12.3. The molecule has 2 aromatic rings. The van der Waals surface area contributed by atoms with E-state index in [0.29, 0.717) is 12.4 Å². The first kappa shape index (κ1) is 15.3. The third kappa shape index (κ3) is 3.14. The van der Waals surface area contributed by atoms with Gasteiger partial charge in [-0.25, -0.2) is 9.36 Å². The smallest absolute Gasteiger partial charge is 0.268 e. The van der Waals surface area contributed by atoms with Crippen LogP contribution in [-0.2, 0) is 17.9 Å². The lowest BCUT2D eigenvalue weighted by atomic mass is 10.2. The number of carbonyl (C=O) groups excluding carboxylic acids is 2. The lowest BCUT2D eigenvalue weighted by molar-refractivity contribution is -0.117. The second-order valence-corrected chi connectivity index (χ2v) is 5.72. The van der Waals surface area contributed by atoms with Crippen LogP contribution in [0.25, 0.3) is 0 Å². The summed E-state index contributed by atoms with van der Waals surface area (Å²) >= 11 is 0. The number of hydrogen-bond acceptors (Lipinski definition) is 6. The first-order valence-electron chi connectivity index (χ1n) is 7.49. The number of aromatic nitrogens is 5. The van der Waals surface area contributed by atoms with Crippen molar-refractivity contribution in [3.8, 4) is 0 Å². The lowest BCUT2D eigenvalue weighted by Gasteiger charge is -2.03. The molecule has 9 nitrogen and oxygen atoms in total. The van der Waals surface area contributed by atoms with Crippen molar-refractivity contribution >= 4 is 17.6 Å². The van der Waals surface area contributed by atoms with Crippen LogP contribution < -0.4 is 11.1 Å². The van der Waals surface area contributed by atoms with Crippen molar-refractivity contribution in [1.29, 1.82) is 0 Å². The molecular weight excluding hydrogens is 298 g/mol. The maximum Gasteiger partial charge on any atom is 0.268 e. The molecule has 3 N–H and O–H groups in total. The molecule has 2 aromatic heterocycles. The Morgan fingerprint density at radius 1 is 1.39 bits per heavy atom. The Kier molecular flexibility index (Phi) is 3.95. The molecule has 3 rings (SSSR count). The molecule has 1 saturated carbocycles. The van der Waals surface area contributed by atoms with Gasteiger partial charge in [0, 0.05) is 23.7 Å². The Morgan fingerprint density at radius 2 is 2.13 bits per heavy atom. The fourth-order valence-electron chi connectivity index (χ4n) is 2.43. The number of rotatable bonds is 5. The Hall–Kier alpha value is -2.55. The van der Waals surface area contributed by atoms with Gasteiger partial charge in [-0.05, 0) is 26.7 Å². The number of amides is 1. The highest BCUT2D eigenvalue weighted by Crippen LogP contribution is 2.29. The van der Waals surface area contributed by atoms with Crippen LogP contribution in [0.5, 0.6) is 0 Å². The van der Waals surface area contributed by atoms with Gasteiger partial charge in [-0.15, -0.1) is 5.10 Å². The molecular formula is C14H19N7O2. The molecule has 23 heavy (non-hydrogen) atoms. The third-order valence-corrected chi connectivity index (χ3v) is 3.92. The van der Waals surface area contributed by atoms with Crippen LogP contribution in [0.2, 0.25) is 0 Å². The van der Waals surface area contributed by atoms with E-state index in [1.54, 1.807) is 0 Å². The molecule has 1 fully saturated rings. The number of nitrogens with zero attached hydrogens (tertiary/aromatic N) is 5. The second kappa shape index (κ2) is 5.92. The van der Waals surface area contributed by atoms with Gasteiger partial charge in [-0.3, -0.25) is 9.59 Å². The Labute approximate surface area is 132 Å². The fraction of sp³-hybridized carbons (Fsp3) is 0.500. The molecule has 0 spiro atoms. The fourth-order valence-corrected chi connectivity index (χ4v) is 2.43. The predicted molar refractivity (Wildman–Crippen MR) is 81.6 cm³/mol. The van der Waals surface area contributed by atoms with Gasteiger partial charge >= 0.3 is 0 Å². The van der Waals surface area contributed by atoms with Crippen LogP contribution in [0, 0.1) is 19.8 Å². The van der Waals surface area contributed by atoms with Crippen molar-refractivity contribution in [2.45, 2.75) is 39.8 Å². The molecule has 0 radical (unpaired) electrons. The minimum Gasteiger partial charge on any atom is -0.326 e. The summed E-state index contributed by atoms with van der Waals surface area (Å²) in [4.78, 5) is 24.0. The first-order chi connectivity index (χ1) is 11.0. The molecule has 2 heterocycles. The molecule has 9 heteroatoms. The standard InChI is InChI=1S/C14H19N7O2/c1-8-11(5-15)9(2)21(18-8)13(22)7-20-6-12(17-19-20)16-14(23)10-3-4-10/h6,10H,3-5,7,15H2,1-2H3,(H,16,23). The Bertz CT molecular complexity index is 757. The van der Waals surface area contributed by atoms with Gasteiger partial charge in [0.25, 0.3) is 5.91 Å². The van der Waals surface area contributed by atoms with Crippen LogP contribution in [0.3, 0.4) is 0 Å². The molecule has 1 aliphatic rings. The average Bonchev–Trinajstić information content (AvgIpc) is 3.21. The minimum absolute atomic E-state index is 0.0156. The normalized spacial score (nSPS) is 14.0. The predicted octanol–water partition coefficient (Wildman–Crippen LogP) is 0.239. The number of aryl methyl sites for hydroxylation is 1. The monoisotopic (exact) mass is 317 g/mol. The van der Waals surface area contributed by atoms with Crippen LogP contribution in [0.15, 0.2) is 6.20 Å². The van der Waals surface area contributed by atoms with E-state index in [1.807, 2.05) is 13.8 Å². The van der Waals surface area contributed by atoms with Gasteiger partial charge in [-0.2, -0.15) is 5.10 Å². The third-order valence-electron chi connectivity index (χ3n) is 3.92. The molecule has 0 aliphatic heterocycles. The van der Waals surface area contributed by atoms with Crippen molar-refractivity contribution in [3.63, 3.8) is 0 Å². The van der Waals surface area contributed by atoms with Gasteiger partial charge in [0.05, 0.1) is 11.9 Å². The summed E-state index contributed by atoms with van der Waals surface area (Å²) in [6.07, 6.45) is 3.37. The zero-order valence-electron chi connectivity index (χ0n) is 13.1. The van der Waals surface area contributed by atoms with E-state index in [2.05, 4.69) is 20.7 Å². The van der Waals surface area contributed by atoms with Gasteiger partial charge in [0.2, 0.25) is 5.91 Å². The number of nitrogens with two attached hydrogens (primary N) is 1. The maximum absolute atomic E-state index is 12.3. The molecule has 122 valence electrons. The van der Waals surface area contributed by atoms with Crippen molar-refractivity contribution < 1.29 is 9.59 Å². The summed E-state index contributed by atoms with van der Waals surface area (Å²) < 4.78 is 2.71. The van der Waals surface area contributed by atoms with E-state index in [4.69, 9.17) is 5.73 Å². The van der Waals surface area contributed by atoms with E-state index in [0.717, 1.165) is 29.8 Å². The SMILES string of the molecule is Cc1nn(C(=O)Cn2cc(NC(=O)C3CC3)nn2)c(C)c1CN. The average molecular weight is 317 g/mol. The zero-order valence-corrected chi connectivity index (χ0v) is 13.1. The topological polar surface area (TPSA) is 121 Å².